The summed E-state index contributed by atoms with van der Waals surface area (Å²) in [5.74, 6) is -0.372. The molecule has 15 heavy (non-hydrogen) atoms. The van der Waals surface area contributed by atoms with E-state index in [2.05, 4.69) is 11.9 Å². The molecule has 0 saturated carbocycles. The van der Waals surface area contributed by atoms with Crippen molar-refractivity contribution in [2.24, 2.45) is 0 Å². The average molecular weight is 211 g/mol. The van der Waals surface area contributed by atoms with Gasteiger partial charge in [0.15, 0.2) is 5.89 Å². The van der Waals surface area contributed by atoms with Gasteiger partial charge in [0.2, 0.25) is 5.76 Å². The zero-order valence-corrected chi connectivity index (χ0v) is 9.41. The third-order valence-electron chi connectivity index (χ3n) is 2.38. The molecule has 84 valence electrons. The molecule has 0 amide bonds. The first-order chi connectivity index (χ1) is 7.10. The summed E-state index contributed by atoms with van der Waals surface area (Å²) in [5, 5.41) is 8.96. The Labute approximate surface area is 89.3 Å². The van der Waals surface area contributed by atoms with Gasteiger partial charge in [0.05, 0.1) is 5.69 Å². The zero-order chi connectivity index (χ0) is 11.4. The van der Waals surface area contributed by atoms with Gasteiger partial charge < -0.3 is 9.52 Å². The Balaban J connectivity index is 3.03. The number of carboxylic acid groups (broad SMARTS) is 1. The van der Waals surface area contributed by atoms with E-state index in [1.165, 1.54) is 0 Å². The standard InChI is InChI=1S/C11H17NO3/c1-4-6-7(3)9-10(11(13)14)15-8(5-2)12-9/h7H,4-6H2,1-3H3,(H,13,14). The Hall–Kier alpha value is -1.32. The van der Waals surface area contributed by atoms with Crippen molar-refractivity contribution in [3.8, 4) is 0 Å². The van der Waals surface area contributed by atoms with Crippen LogP contribution < -0.4 is 0 Å². The van der Waals surface area contributed by atoms with Gasteiger partial charge in [-0.15, -0.1) is 0 Å². The van der Waals surface area contributed by atoms with Gasteiger partial charge in [0, 0.05) is 12.3 Å². The first-order valence-corrected chi connectivity index (χ1v) is 5.33. The van der Waals surface area contributed by atoms with Gasteiger partial charge in [-0.05, 0) is 6.42 Å². The lowest BCUT2D eigenvalue weighted by Gasteiger charge is -2.05. The first kappa shape index (κ1) is 11.8. The molecule has 0 aromatic carbocycles. The Morgan fingerprint density at radius 3 is 2.67 bits per heavy atom. The average Bonchev–Trinajstić information content (AvgIpc) is 2.61. The van der Waals surface area contributed by atoms with Gasteiger partial charge in [-0.25, -0.2) is 9.78 Å². The monoisotopic (exact) mass is 211 g/mol. The minimum atomic E-state index is -1.03. The summed E-state index contributed by atoms with van der Waals surface area (Å²) < 4.78 is 5.18. The van der Waals surface area contributed by atoms with Crippen molar-refractivity contribution in [2.45, 2.75) is 46.0 Å². The third kappa shape index (κ3) is 2.58. The Morgan fingerprint density at radius 1 is 1.53 bits per heavy atom. The number of carboxylic acids is 1. The van der Waals surface area contributed by atoms with Gasteiger partial charge in [0.1, 0.15) is 0 Å². The van der Waals surface area contributed by atoms with Gasteiger partial charge in [-0.3, -0.25) is 0 Å². The number of aromatic nitrogens is 1. The molecule has 0 aliphatic rings. The highest BCUT2D eigenvalue weighted by atomic mass is 16.4. The van der Waals surface area contributed by atoms with E-state index in [0.717, 1.165) is 12.8 Å². The van der Waals surface area contributed by atoms with Crippen molar-refractivity contribution in [3.63, 3.8) is 0 Å². The molecule has 1 unspecified atom stereocenters. The van der Waals surface area contributed by atoms with Crippen molar-refractivity contribution in [1.82, 2.24) is 4.98 Å². The molecule has 0 radical (unpaired) electrons. The first-order valence-electron chi connectivity index (χ1n) is 5.33. The van der Waals surface area contributed by atoms with Crippen LogP contribution in [0.3, 0.4) is 0 Å². The van der Waals surface area contributed by atoms with Crippen LogP contribution >= 0.6 is 0 Å². The van der Waals surface area contributed by atoms with Crippen LogP contribution in [0.2, 0.25) is 0 Å². The SMILES string of the molecule is CCCC(C)c1nc(CC)oc1C(=O)O. The summed E-state index contributed by atoms with van der Waals surface area (Å²) in [6, 6.07) is 0. The zero-order valence-electron chi connectivity index (χ0n) is 9.41. The number of aryl methyl sites for hydroxylation is 1. The molecule has 1 aromatic heterocycles. The summed E-state index contributed by atoms with van der Waals surface area (Å²) in [4.78, 5) is 15.1. The molecule has 1 N–H and O–H groups in total. The molecular weight excluding hydrogens is 194 g/mol. The van der Waals surface area contributed by atoms with Crippen molar-refractivity contribution in [1.29, 1.82) is 0 Å². The quantitative estimate of drug-likeness (QED) is 0.813. The Morgan fingerprint density at radius 2 is 2.20 bits per heavy atom. The van der Waals surface area contributed by atoms with E-state index in [0.29, 0.717) is 18.0 Å². The maximum atomic E-state index is 10.9. The maximum absolute atomic E-state index is 10.9. The van der Waals surface area contributed by atoms with Crippen LogP contribution in [0.1, 0.15) is 61.7 Å². The second-order valence-corrected chi connectivity index (χ2v) is 3.67. The van der Waals surface area contributed by atoms with Crippen LogP contribution in [-0.2, 0) is 6.42 Å². The van der Waals surface area contributed by atoms with E-state index in [4.69, 9.17) is 9.52 Å². The minimum Gasteiger partial charge on any atom is -0.475 e. The number of nitrogens with zero attached hydrogens (tertiary/aromatic N) is 1. The molecule has 1 rings (SSSR count). The van der Waals surface area contributed by atoms with Crippen LogP contribution in [-0.4, -0.2) is 16.1 Å². The molecule has 0 saturated heterocycles. The summed E-state index contributed by atoms with van der Waals surface area (Å²) in [7, 11) is 0. The molecule has 0 bridgehead atoms. The van der Waals surface area contributed by atoms with Crippen LogP contribution in [0.15, 0.2) is 4.42 Å². The lowest BCUT2D eigenvalue weighted by atomic mass is 10.0. The van der Waals surface area contributed by atoms with Crippen LogP contribution in [0.25, 0.3) is 0 Å². The fourth-order valence-corrected chi connectivity index (χ4v) is 1.59. The van der Waals surface area contributed by atoms with Crippen molar-refractivity contribution in [2.75, 3.05) is 0 Å². The van der Waals surface area contributed by atoms with Gasteiger partial charge in [-0.2, -0.15) is 0 Å². The number of hydrogen-bond acceptors (Lipinski definition) is 3. The molecule has 4 nitrogen and oxygen atoms in total. The van der Waals surface area contributed by atoms with E-state index < -0.39 is 5.97 Å². The van der Waals surface area contributed by atoms with Crippen LogP contribution in [0.4, 0.5) is 0 Å². The lowest BCUT2D eigenvalue weighted by Crippen LogP contribution is -2.03. The fourth-order valence-electron chi connectivity index (χ4n) is 1.59. The highest BCUT2D eigenvalue weighted by molar-refractivity contribution is 5.85. The van der Waals surface area contributed by atoms with Crippen molar-refractivity contribution >= 4 is 5.97 Å². The predicted octanol–water partition coefficient (Wildman–Crippen LogP) is 2.84. The molecule has 0 aliphatic carbocycles. The van der Waals surface area contributed by atoms with Crippen LogP contribution in [0, 0.1) is 0 Å². The third-order valence-corrected chi connectivity index (χ3v) is 2.38. The number of aromatic carboxylic acids is 1. The van der Waals surface area contributed by atoms with Crippen molar-refractivity contribution < 1.29 is 14.3 Å². The summed E-state index contributed by atoms with van der Waals surface area (Å²) in [5.41, 5.74) is 0.584. The summed E-state index contributed by atoms with van der Waals surface area (Å²) >= 11 is 0. The highest BCUT2D eigenvalue weighted by Gasteiger charge is 2.22. The number of carbonyl (C=O) groups is 1. The molecule has 0 fully saturated rings. The number of rotatable bonds is 5. The Bertz CT molecular complexity index is 344. The largest absolute Gasteiger partial charge is 0.475 e. The van der Waals surface area contributed by atoms with E-state index >= 15 is 0 Å². The second-order valence-electron chi connectivity index (χ2n) is 3.67. The maximum Gasteiger partial charge on any atom is 0.373 e. The van der Waals surface area contributed by atoms with E-state index in [1.807, 2.05) is 13.8 Å². The molecule has 1 atom stereocenters. The van der Waals surface area contributed by atoms with Gasteiger partial charge in [-0.1, -0.05) is 27.2 Å². The van der Waals surface area contributed by atoms with E-state index in [-0.39, 0.29) is 11.7 Å². The Kier molecular flexibility index (Phi) is 3.88. The van der Waals surface area contributed by atoms with Gasteiger partial charge in [0.25, 0.3) is 0 Å². The fraction of sp³-hybridized carbons (Fsp3) is 0.636. The number of hydrogen-bond donors (Lipinski definition) is 1. The molecule has 0 spiro atoms. The summed E-state index contributed by atoms with van der Waals surface area (Å²) in [6.07, 6.45) is 2.56. The van der Waals surface area contributed by atoms with Gasteiger partial charge >= 0.3 is 5.97 Å². The number of oxazole rings is 1. The minimum absolute atomic E-state index is 0.00722. The molecule has 1 heterocycles. The molecular formula is C11H17NO3. The topological polar surface area (TPSA) is 63.3 Å². The smallest absolute Gasteiger partial charge is 0.373 e. The highest BCUT2D eigenvalue weighted by Crippen LogP contribution is 2.24. The van der Waals surface area contributed by atoms with E-state index in [1.54, 1.807) is 0 Å². The summed E-state index contributed by atoms with van der Waals surface area (Å²) in [6.45, 7) is 5.94. The van der Waals surface area contributed by atoms with Crippen molar-refractivity contribution in [3.05, 3.63) is 17.3 Å². The van der Waals surface area contributed by atoms with Crippen LogP contribution in [0.5, 0.6) is 0 Å². The van der Waals surface area contributed by atoms with E-state index in [9.17, 15) is 4.79 Å². The lowest BCUT2D eigenvalue weighted by molar-refractivity contribution is 0.0658. The molecule has 0 aliphatic heterocycles. The normalized spacial score (nSPS) is 12.7. The predicted molar refractivity (Wildman–Crippen MR) is 56.2 cm³/mol. The second kappa shape index (κ2) is 4.96. The molecule has 4 heteroatoms. The molecule has 1 aromatic rings.